The molecule has 1 N–H and O–H groups in total. The number of piperidine rings is 1. The summed E-state index contributed by atoms with van der Waals surface area (Å²) in [5.41, 5.74) is 0. The quantitative estimate of drug-likeness (QED) is 0.878. The Morgan fingerprint density at radius 2 is 2.29 bits per heavy atom. The maximum Gasteiger partial charge on any atom is 0.437 e. The fourth-order valence-electron chi connectivity index (χ4n) is 2.07. The first-order chi connectivity index (χ1) is 8.34. The largest absolute Gasteiger partial charge is 0.437 e. The van der Waals surface area contributed by atoms with Crippen molar-refractivity contribution in [3.8, 4) is 10.8 Å². The van der Waals surface area contributed by atoms with Gasteiger partial charge >= 0.3 is 5.76 Å². The summed E-state index contributed by atoms with van der Waals surface area (Å²) < 4.78 is 6.69. The summed E-state index contributed by atoms with van der Waals surface area (Å²) in [5, 5.41) is 9.51. The topological polar surface area (TPSA) is 60.1 Å². The van der Waals surface area contributed by atoms with Crippen LogP contribution in [0.3, 0.4) is 0 Å². The molecule has 0 aliphatic carbocycles. The number of aromatic nitrogens is 2. The van der Waals surface area contributed by atoms with Crippen molar-refractivity contribution in [1.82, 2.24) is 15.1 Å². The summed E-state index contributed by atoms with van der Waals surface area (Å²) in [4.78, 5) is 12.7. The van der Waals surface area contributed by atoms with Crippen molar-refractivity contribution in [1.29, 1.82) is 0 Å². The van der Waals surface area contributed by atoms with E-state index in [0.717, 1.165) is 30.8 Å². The molecule has 0 bridgehead atoms. The lowest BCUT2D eigenvalue weighted by Crippen LogP contribution is -2.33. The lowest BCUT2D eigenvalue weighted by Gasteiger charge is -2.21. The molecule has 1 fully saturated rings. The summed E-state index contributed by atoms with van der Waals surface area (Å²) in [6.45, 7) is 1.86. The maximum atomic E-state index is 11.8. The van der Waals surface area contributed by atoms with Gasteiger partial charge in [-0.15, -0.1) is 16.4 Å². The predicted octanol–water partition coefficient (Wildman–Crippen LogP) is 1.49. The molecule has 0 radical (unpaired) electrons. The van der Waals surface area contributed by atoms with Gasteiger partial charge in [0.2, 0.25) is 0 Å². The van der Waals surface area contributed by atoms with Crippen molar-refractivity contribution in [2.24, 2.45) is 0 Å². The molecular weight excluding hydrogens is 238 g/mol. The van der Waals surface area contributed by atoms with Crippen molar-refractivity contribution in [2.75, 3.05) is 13.1 Å². The minimum absolute atomic E-state index is 0.168. The minimum atomic E-state index is -0.347. The average Bonchev–Trinajstić information content (AvgIpc) is 2.99. The SMILES string of the molecule is O=c1oc(-c2cccs2)nn1C1CCNCC1. The molecule has 0 atom stereocenters. The van der Waals surface area contributed by atoms with Crippen molar-refractivity contribution in [3.05, 3.63) is 28.1 Å². The lowest BCUT2D eigenvalue weighted by atomic mass is 10.1. The summed E-state index contributed by atoms with van der Waals surface area (Å²) in [7, 11) is 0. The fourth-order valence-corrected chi connectivity index (χ4v) is 2.71. The average molecular weight is 251 g/mol. The molecule has 0 unspecified atom stereocenters. The maximum absolute atomic E-state index is 11.8. The number of hydrogen-bond donors (Lipinski definition) is 1. The van der Waals surface area contributed by atoms with E-state index in [2.05, 4.69) is 10.4 Å². The van der Waals surface area contributed by atoms with E-state index < -0.39 is 0 Å². The highest BCUT2D eigenvalue weighted by molar-refractivity contribution is 7.13. The molecule has 90 valence electrons. The van der Waals surface area contributed by atoms with E-state index in [-0.39, 0.29) is 11.8 Å². The van der Waals surface area contributed by atoms with Gasteiger partial charge in [-0.25, -0.2) is 4.79 Å². The molecule has 6 heteroatoms. The van der Waals surface area contributed by atoms with Crippen LogP contribution >= 0.6 is 11.3 Å². The Labute approximate surface area is 102 Å². The van der Waals surface area contributed by atoms with E-state index in [4.69, 9.17) is 4.42 Å². The van der Waals surface area contributed by atoms with E-state index in [1.807, 2.05) is 17.5 Å². The van der Waals surface area contributed by atoms with Crippen LogP contribution in [0.15, 0.2) is 26.7 Å². The number of nitrogens with one attached hydrogen (secondary N) is 1. The molecule has 0 aromatic carbocycles. The number of rotatable bonds is 2. The molecule has 3 heterocycles. The van der Waals surface area contributed by atoms with Gasteiger partial charge in [-0.05, 0) is 37.4 Å². The van der Waals surface area contributed by atoms with Gasteiger partial charge in [0.25, 0.3) is 5.89 Å². The van der Waals surface area contributed by atoms with E-state index in [1.165, 1.54) is 16.0 Å². The van der Waals surface area contributed by atoms with Crippen LogP contribution in [0, 0.1) is 0 Å². The van der Waals surface area contributed by atoms with Crippen LogP contribution in [0.25, 0.3) is 10.8 Å². The zero-order valence-electron chi connectivity index (χ0n) is 9.26. The van der Waals surface area contributed by atoms with E-state index in [9.17, 15) is 4.79 Å². The number of nitrogens with zero attached hydrogens (tertiary/aromatic N) is 2. The Morgan fingerprint density at radius 1 is 1.47 bits per heavy atom. The Bertz CT molecular complexity index is 537. The Kier molecular flexibility index (Phi) is 2.82. The zero-order valence-corrected chi connectivity index (χ0v) is 10.1. The van der Waals surface area contributed by atoms with Crippen LogP contribution in [0.4, 0.5) is 0 Å². The molecule has 1 aliphatic heterocycles. The third-order valence-corrected chi connectivity index (χ3v) is 3.81. The Morgan fingerprint density at radius 3 is 3.00 bits per heavy atom. The second-order valence-corrected chi connectivity index (χ2v) is 5.02. The zero-order chi connectivity index (χ0) is 11.7. The smallest absolute Gasteiger partial charge is 0.387 e. The van der Waals surface area contributed by atoms with Crippen LogP contribution in [0.5, 0.6) is 0 Å². The monoisotopic (exact) mass is 251 g/mol. The highest BCUT2D eigenvalue weighted by Gasteiger charge is 2.21. The first-order valence-corrected chi connectivity index (χ1v) is 6.57. The highest BCUT2D eigenvalue weighted by Crippen LogP contribution is 2.23. The molecule has 2 aromatic heterocycles. The van der Waals surface area contributed by atoms with Gasteiger partial charge in [0.15, 0.2) is 0 Å². The molecule has 1 aliphatic rings. The van der Waals surface area contributed by atoms with Crippen molar-refractivity contribution in [3.63, 3.8) is 0 Å². The second kappa shape index (κ2) is 4.46. The van der Waals surface area contributed by atoms with Crippen LogP contribution in [-0.4, -0.2) is 22.9 Å². The predicted molar refractivity (Wildman–Crippen MR) is 65.2 cm³/mol. The van der Waals surface area contributed by atoms with Crippen LogP contribution in [0.2, 0.25) is 0 Å². The first-order valence-electron chi connectivity index (χ1n) is 5.69. The molecule has 3 rings (SSSR count). The lowest BCUT2D eigenvalue weighted by molar-refractivity contribution is 0.323. The van der Waals surface area contributed by atoms with Crippen LogP contribution in [0.1, 0.15) is 18.9 Å². The third kappa shape index (κ3) is 2.05. The van der Waals surface area contributed by atoms with E-state index in [0.29, 0.717) is 5.89 Å². The van der Waals surface area contributed by atoms with Crippen molar-refractivity contribution in [2.45, 2.75) is 18.9 Å². The Balaban J connectivity index is 1.93. The molecule has 1 saturated heterocycles. The summed E-state index contributed by atoms with van der Waals surface area (Å²) in [5.74, 6) is 0.0869. The number of hydrogen-bond acceptors (Lipinski definition) is 5. The minimum Gasteiger partial charge on any atom is -0.387 e. The number of thiophene rings is 1. The second-order valence-electron chi connectivity index (χ2n) is 4.08. The van der Waals surface area contributed by atoms with E-state index >= 15 is 0 Å². The standard InChI is InChI=1S/C11H13N3O2S/c15-11-14(8-3-5-12-6-4-8)13-10(16-11)9-2-1-7-17-9/h1-2,7-8,12H,3-6H2. The Hall–Kier alpha value is -1.40. The third-order valence-electron chi connectivity index (χ3n) is 2.96. The van der Waals surface area contributed by atoms with Gasteiger partial charge in [-0.2, -0.15) is 4.68 Å². The molecule has 17 heavy (non-hydrogen) atoms. The molecular formula is C11H13N3O2S. The molecule has 2 aromatic rings. The fraction of sp³-hybridized carbons (Fsp3) is 0.455. The van der Waals surface area contributed by atoms with Crippen LogP contribution in [-0.2, 0) is 0 Å². The van der Waals surface area contributed by atoms with Gasteiger partial charge < -0.3 is 9.73 Å². The van der Waals surface area contributed by atoms with E-state index in [1.54, 1.807) is 0 Å². The summed E-state index contributed by atoms with van der Waals surface area (Å²) in [6, 6.07) is 3.99. The van der Waals surface area contributed by atoms with Gasteiger partial charge in [-0.3, -0.25) is 0 Å². The van der Waals surface area contributed by atoms with Gasteiger partial charge in [-0.1, -0.05) is 6.07 Å². The summed E-state index contributed by atoms with van der Waals surface area (Å²) in [6.07, 6.45) is 1.85. The van der Waals surface area contributed by atoms with Crippen molar-refractivity contribution >= 4 is 11.3 Å². The summed E-state index contributed by atoms with van der Waals surface area (Å²) >= 11 is 1.52. The molecule has 0 spiro atoms. The normalized spacial score (nSPS) is 17.4. The molecule has 0 amide bonds. The highest BCUT2D eigenvalue weighted by atomic mass is 32.1. The first kappa shape index (κ1) is 10.7. The van der Waals surface area contributed by atoms with Gasteiger partial charge in [0.1, 0.15) is 0 Å². The van der Waals surface area contributed by atoms with Crippen LogP contribution < -0.4 is 11.1 Å². The molecule has 0 saturated carbocycles. The molecule has 5 nitrogen and oxygen atoms in total. The van der Waals surface area contributed by atoms with Crippen molar-refractivity contribution < 1.29 is 4.42 Å². The van der Waals surface area contributed by atoms with Gasteiger partial charge in [0, 0.05) is 0 Å². The van der Waals surface area contributed by atoms with Gasteiger partial charge in [0.05, 0.1) is 10.9 Å².